The fraction of sp³-hybridized carbons (Fsp3) is 0.545. The van der Waals surface area contributed by atoms with Crippen LogP contribution in [0.15, 0.2) is 24.3 Å². The van der Waals surface area contributed by atoms with E-state index in [0.29, 0.717) is 0 Å². The highest BCUT2D eigenvalue weighted by atomic mass is 31.2. The van der Waals surface area contributed by atoms with E-state index in [2.05, 4.69) is 10.6 Å². The van der Waals surface area contributed by atoms with Gasteiger partial charge in [-0.2, -0.15) is 0 Å². The van der Waals surface area contributed by atoms with Crippen molar-refractivity contribution in [2.24, 2.45) is 0 Å². The summed E-state index contributed by atoms with van der Waals surface area (Å²) in [6.45, 7) is -0.269. The molecule has 0 saturated carbocycles. The largest absolute Gasteiger partial charge is 0.352 e. The van der Waals surface area contributed by atoms with Crippen molar-refractivity contribution in [3.8, 4) is 0 Å². The van der Waals surface area contributed by atoms with Gasteiger partial charge < -0.3 is 59.6 Å². The van der Waals surface area contributed by atoms with Gasteiger partial charge in [-0.25, -0.2) is 0 Å². The molecule has 0 spiro atoms. The number of carbonyl (C=O) groups excluding carboxylic acids is 4. The molecule has 262 valence electrons. The number of nitrogens with one attached hydrogen (secondary N) is 2. The summed E-state index contributed by atoms with van der Waals surface area (Å²) in [5.74, 6) is -2.68. The summed E-state index contributed by atoms with van der Waals surface area (Å²) in [7, 11) is -21.0. The standard InChI is InChI=1S/C22H38N4O16P4/c1-15(27)25(13-19(43(31,32)33)44(34,35)36)10-4-8-23-21(29)17-6-3-7-18(12-17)22(30)24-9-5-11-26(16(2)28)14-20(45(37,38)39)46(40,41)42/h3,6-7,12,19-20H,4-5,8-11,13-14H2,1-2H3,(H,23,29)(H,24,30)(H2,31,32,33)(H2,34,35,36)(H2,37,38,39)(H2,40,41,42). The molecule has 20 nitrogen and oxygen atoms in total. The minimum Gasteiger partial charge on any atom is -0.352 e. The van der Waals surface area contributed by atoms with E-state index < -0.39 is 77.9 Å². The zero-order valence-corrected chi connectivity index (χ0v) is 28.2. The molecule has 1 aromatic rings. The van der Waals surface area contributed by atoms with Crippen LogP contribution in [0.25, 0.3) is 0 Å². The van der Waals surface area contributed by atoms with Crippen molar-refractivity contribution in [2.45, 2.75) is 37.5 Å². The molecule has 0 atom stereocenters. The quantitative estimate of drug-likeness (QED) is 0.0637. The van der Waals surface area contributed by atoms with Gasteiger partial charge in [0.05, 0.1) is 0 Å². The number of benzene rings is 1. The van der Waals surface area contributed by atoms with Gasteiger partial charge in [0.15, 0.2) is 10.8 Å². The second kappa shape index (κ2) is 17.2. The summed E-state index contributed by atoms with van der Waals surface area (Å²) in [6, 6.07) is 5.45. The number of amides is 4. The monoisotopic (exact) mass is 738 g/mol. The Morgan fingerprint density at radius 1 is 0.630 bits per heavy atom. The van der Waals surface area contributed by atoms with Crippen LogP contribution in [0.3, 0.4) is 0 Å². The van der Waals surface area contributed by atoms with Gasteiger partial charge in [0.25, 0.3) is 11.8 Å². The molecule has 0 aromatic heterocycles. The van der Waals surface area contributed by atoms with Gasteiger partial charge in [0.2, 0.25) is 11.8 Å². The summed E-state index contributed by atoms with van der Waals surface area (Å²) in [6.07, 6.45) is 0.0851. The molecule has 0 radical (unpaired) electrons. The first kappa shape index (κ1) is 41.7. The highest BCUT2D eigenvalue weighted by Crippen LogP contribution is 2.60. The lowest BCUT2D eigenvalue weighted by Gasteiger charge is -2.27. The van der Waals surface area contributed by atoms with Gasteiger partial charge in [-0.1, -0.05) is 6.07 Å². The minimum atomic E-state index is -5.26. The predicted molar refractivity (Wildman–Crippen MR) is 161 cm³/mol. The average Bonchev–Trinajstić information content (AvgIpc) is 2.88. The summed E-state index contributed by atoms with van der Waals surface area (Å²) in [5.41, 5.74) is 0.116. The van der Waals surface area contributed by atoms with Crippen LogP contribution in [0.2, 0.25) is 0 Å². The number of nitrogens with zero attached hydrogens (tertiary/aromatic N) is 2. The topological polar surface area (TPSA) is 329 Å². The van der Waals surface area contributed by atoms with E-state index in [0.717, 1.165) is 23.6 Å². The zero-order valence-electron chi connectivity index (χ0n) is 24.6. The number of hydrogen-bond acceptors (Lipinski definition) is 8. The van der Waals surface area contributed by atoms with Crippen molar-refractivity contribution in [3.63, 3.8) is 0 Å². The van der Waals surface area contributed by atoms with Crippen molar-refractivity contribution in [2.75, 3.05) is 39.3 Å². The SMILES string of the molecule is CC(=O)N(CCCNC(=O)c1cccc(C(=O)NCCCN(CC(P(=O)(O)O)P(=O)(O)O)C(C)=O)c1)CC(P(=O)(O)O)P(=O)(O)O. The van der Waals surface area contributed by atoms with Gasteiger partial charge in [0, 0.05) is 64.2 Å². The Kier molecular flexibility index (Phi) is 15.6. The molecule has 0 bridgehead atoms. The molecule has 0 aliphatic rings. The average molecular weight is 738 g/mol. The maximum atomic E-state index is 12.6. The molecule has 0 aliphatic carbocycles. The van der Waals surface area contributed by atoms with Crippen LogP contribution in [-0.2, 0) is 27.8 Å². The van der Waals surface area contributed by atoms with Gasteiger partial charge in [-0.05, 0) is 31.0 Å². The van der Waals surface area contributed by atoms with E-state index in [4.69, 9.17) is 0 Å². The fourth-order valence-corrected chi connectivity index (χ4v) is 8.69. The Morgan fingerprint density at radius 3 is 1.20 bits per heavy atom. The molecule has 1 aromatic carbocycles. The maximum absolute atomic E-state index is 12.6. The van der Waals surface area contributed by atoms with Gasteiger partial charge in [-0.15, -0.1) is 0 Å². The van der Waals surface area contributed by atoms with Crippen LogP contribution < -0.4 is 10.6 Å². The first-order chi connectivity index (χ1) is 20.9. The highest BCUT2D eigenvalue weighted by Gasteiger charge is 2.45. The minimum absolute atomic E-state index is 0.0425. The van der Waals surface area contributed by atoms with E-state index in [-0.39, 0.29) is 50.1 Å². The highest BCUT2D eigenvalue weighted by molar-refractivity contribution is 7.71. The molecule has 0 fully saturated rings. The lowest BCUT2D eigenvalue weighted by molar-refractivity contribution is -0.129. The van der Waals surface area contributed by atoms with Crippen LogP contribution in [-0.4, -0.2) is 123 Å². The lowest BCUT2D eigenvalue weighted by Crippen LogP contribution is -2.38. The Hall–Kier alpha value is -2.30. The van der Waals surface area contributed by atoms with Crippen molar-refractivity contribution in [1.29, 1.82) is 0 Å². The predicted octanol–water partition coefficient (Wildman–Crippen LogP) is -1.01. The number of rotatable bonds is 18. The van der Waals surface area contributed by atoms with Crippen LogP contribution in [0.1, 0.15) is 47.4 Å². The van der Waals surface area contributed by atoms with E-state index in [1.807, 2.05) is 0 Å². The number of hydrogen-bond donors (Lipinski definition) is 10. The molecule has 0 saturated heterocycles. The third kappa shape index (κ3) is 14.2. The van der Waals surface area contributed by atoms with Gasteiger partial charge >= 0.3 is 30.4 Å². The van der Waals surface area contributed by atoms with Gasteiger partial charge in [-0.3, -0.25) is 37.4 Å². The molecule has 4 amide bonds. The van der Waals surface area contributed by atoms with Gasteiger partial charge in [0.1, 0.15) is 0 Å². The van der Waals surface area contributed by atoms with Crippen LogP contribution in [0.5, 0.6) is 0 Å². The molecule has 0 unspecified atom stereocenters. The van der Waals surface area contributed by atoms with Crippen molar-refractivity contribution in [3.05, 3.63) is 35.4 Å². The Labute approximate surface area is 263 Å². The normalized spacial score (nSPS) is 12.6. The summed E-state index contributed by atoms with van der Waals surface area (Å²) < 4.78 is 46.1. The van der Waals surface area contributed by atoms with E-state index in [1.165, 1.54) is 24.3 Å². The van der Waals surface area contributed by atoms with E-state index in [9.17, 15) is 76.6 Å². The molecular weight excluding hydrogens is 700 g/mol. The molecule has 46 heavy (non-hydrogen) atoms. The Balaban J connectivity index is 2.71. The Morgan fingerprint density at radius 2 is 0.935 bits per heavy atom. The first-order valence-corrected chi connectivity index (χ1v) is 20.0. The summed E-state index contributed by atoms with van der Waals surface area (Å²) >= 11 is 0. The first-order valence-electron chi connectivity index (χ1n) is 13.2. The van der Waals surface area contributed by atoms with E-state index in [1.54, 1.807) is 0 Å². The third-order valence-electron chi connectivity index (χ3n) is 6.38. The van der Waals surface area contributed by atoms with Crippen molar-refractivity contribution >= 4 is 54.0 Å². The van der Waals surface area contributed by atoms with Crippen molar-refractivity contribution in [1.82, 2.24) is 20.4 Å². The lowest BCUT2D eigenvalue weighted by atomic mass is 10.1. The van der Waals surface area contributed by atoms with E-state index >= 15 is 0 Å². The van der Waals surface area contributed by atoms with Crippen molar-refractivity contribution < 1.29 is 76.6 Å². The summed E-state index contributed by atoms with van der Waals surface area (Å²) in [5, 5.41) is 0.224. The maximum Gasteiger partial charge on any atom is 0.342 e. The fourth-order valence-electron chi connectivity index (χ4n) is 3.92. The molecule has 0 aliphatic heterocycles. The second-order valence-electron chi connectivity index (χ2n) is 10.0. The summed E-state index contributed by atoms with van der Waals surface area (Å²) in [4.78, 5) is 125. The third-order valence-corrected chi connectivity index (χ3v) is 13.7. The zero-order chi connectivity index (χ0) is 35.7. The smallest absolute Gasteiger partial charge is 0.342 e. The van der Waals surface area contributed by atoms with Crippen LogP contribution in [0.4, 0.5) is 0 Å². The second-order valence-corrected chi connectivity index (χ2v) is 18.1. The molecular formula is C22H38N4O16P4. The van der Waals surface area contributed by atoms with Crippen LogP contribution in [0, 0.1) is 0 Å². The number of carbonyl (C=O) groups is 4. The molecule has 24 heteroatoms. The molecule has 10 N–H and O–H groups in total. The molecule has 0 heterocycles. The molecule has 1 rings (SSSR count). The van der Waals surface area contributed by atoms with Crippen LogP contribution >= 0.6 is 30.4 Å². The Bertz CT molecular complexity index is 1300.